The average molecular weight is 393 g/mol. The molecule has 2 N–H and O–H groups in total. The van der Waals surface area contributed by atoms with Crippen molar-refractivity contribution in [3.8, 4) is 0 Å². The predicted octanol–water partition coefficient (Wildman–Crippen LogP) is 2.32. The van der Waals surface area contributed by atoms with E-state index in [0.717, 1.165) is 39.3 Å². The Labute approximate surface area is 174 Å². The largest absolute Gasteiger partial charge is 0.368 e. The number of likely N-dealkylation sites (tertiary alicyclic amines) is 1. The predicted molar refractivity (Wildman–Crippen MR) is 118 cm³/mol. The number of hydrogen-bond donors (Lipinski definition) is 1. The molecule has 2 aliphatic rings. The van der Waals surface area contributed by atoms with Crippen LogP contribution < -0.4 is 10.6 Å². The summed E-state index contributed by atoms with van der Waals surface area (Å²) in [5.41, 5.74) is 9.92. The highest BCUT2D eigenvalue weighted by atomic mass is 16.2. The lowest BCUT2D eigenvalue weighted by atomic mass is 9.89. The molecule has 0 aromatic heterocycles. The van der Waals surface area contributed by atoms with Gasteiger partial charge in [0.25, 0.3) is 0 Å². The lowest BCUT2D eigenvalue weighted by Gasteiger charge is -2.37. The first-order valence-electron chi connectivity index (χ1n) is 10.7. The summed E-state index contributed by atoms with van der Waals surface area (Å²) in [5, 5.41) is 0. The van der Waals surface area contributed by atoms with Gasteiger partial charge in [-0.15, -0.1) is 0 Å². The number of carbonyl (C=O) groups excluding carboxylic acids is 1. The summed E-state index contributed by atoms with van der Waals surface area (Å²) in [4.78, 5) is 19.6. The molecule has 154 valence electrons. The molecule has 2 atom stereocenters. The van der Waals surface area contributed by atoms with E-state index in [0.29, 0.717) is 24.9 Å². The molecule has 0 saturated carbocycles. The Morgan fingerprint density at radius 2 is 1.76 bits per heavy atom. The standard InChI is InChI=1S/C24H32N4O/c1-19-6-5-9-22(14-19)27-10-12-28(13-11-27)24(29)18-26-16-21(15-25)23(17-26)20-7-3-2-4-8-20/h2-9,14,21,23H,10-13,15-18,25H2,1H3/t21-,23+/m1/s1. The number of nitrogens with two attached hydrogens (primary N) is 1. The van der Waals surface area contributed by atoms with E-state index in [1.807, 2.05) is 11.0 Å². The van der Waals surface area contributed by atoms with Crippen LogP contribution in [0.15, 0.2) is 54.6 Å². The second-order valence-corrected chi connectivity index (χ2v) is 8.41. The third kappa shape index (κ3) is 4.62. The molecule has 5 nitrogen and oxygen atoms in total. The maximum Gasteiger partial charge on any atom is 0.236 e. The van der Waals surface area contributed by atoms with Crippen LogP contribution in [0.25, 0.3) is 0 Å². The third-order valence-electron chi connectivity index (χ3n) is 6.41. The summed E-state index contributed by atoms with van der Waals surface area (Å²) in [7, 11) is 0. The van der Waals surface area contributed by atoms with E-state index in [4.69, 9.17) is 5.73 Å². The molecule has 0 aliphatic carbocycles. The monoisotopic (exact) mass is 392 g/mol. The number of anilines is 1. The SMILES string of the molecule is Cc1cccc(N2CCN(C(=O)CN3C[C@@H](CN)[C@H](c4ccccc4)C3)CC2)c1. The first kappa shape index (κ1) is 19.9. The zero-order chi connectivity index (χ0) is 20.2. The van der Waals surface area contributed by atoms with E-state index in [9.17, 15) is 4.79 Å². The number of aryl methyl sites for hydroxylation is 1. The third-order valence-corrected chi connectivity index (χ3v) is 6.41. The lowest BCUT2D eigenvalue weighted by molar-refractivity contribution is -0.132. The molecule has 2 heterocycles. The van der Waals surface area contributed by atoms with Gasteiger partial charge in [0.2, 0.25) is 5.91 Å². The number of hydrogen-bond acceptors (Lipinski definition) is 4. The molecule has 5 heteroatoms. The number of carbonyl (C=O) groups is 1. The van der Waals surface area contributed by atoms with E-state index in [1.165, 1.54) is 16.8 Å². The fourth-order valence-electron chi connectivity index (χ4n) is 4.74. The van der Waals surface area contributed by atoms with Crippen LogP contribution in [0, 0.1) is 12.8 Å². The Morgan fingerprint density at radius 1 is 1.00 bits per heavy atom. The average Bonchev–Trinajstić information content (AvgIpc) is 3.17. The zero-order valence-electron chi connectivity index (χ0n) is 17.3. The van der Waals surface area contributed by atoms with Crippen molar-refractivity contribution in [1.82, 2.24) is 9.80 Å². The summed E-state index contributed by atoms with van der Waals surface area (Å²) in [6, 6.07) is 19.2. The minimum absolute atomic E-state index is 0.248. The fourth-order valence-corrected chi connectivity index (χ4v) is 4.74. The summed E-state index contributed by atoms with van der Waals surface area (Å²) in [6.45, 7) is 8.50. The molecule has 0 unspecified atom stereocenters. The molecule has 0 bridgehead atoms. The van der Waals surface area contributed by atoms with Crippen LogP contribution in [0.5, 0.6) is 0 Å². The number of piperazine rings is 1. The number of rotatable bonds is 5. The highest BCUT2D eigenvalue weighted by Gasteiger charge is 2.34. The topological polar surface area (TPSA) is 52.8 Å². The van der Waals surface area contributed by atoms with Gasteiger partial charge in [0.15, 0.2) is 0 Å². The molecule has 2 aromatic rings. The van der Waals surface area contributed by atoms with E-state index in [1.54, 1.807) is 0 Å². The molecule has 2 aliphatic heterocycles. The quantitative estimate of drug-likeness (QED) is 0.849. The zero-order valence-corrected chi connectivity index (χ0v) is 17.3. The van der Waals surface area contributed by atoms with Crippen molar-refractivity contribution in [2.45, 2.75) is 12.8 Å². The van der Waals surface area contributed by atoms with Crippen molar-refractivity contribution in [3.63, 3.8) is 0 Å². The van der Waals surface area contributed by atoms with Crippen LogP contribution in [0.2, 0.25) is 0 Å². The van der Waals surface area contributed by atoms with Gasteiger partial charge in [0.1, 0.15) is 0 Å². The van der Waals surface area contributed by atoms with Gasteiger partial charge < -0.3 is 15.5 Å². The lowest BCUT2D eigenvalue weighted by Crippen LogP contribution is -2.51. The second kappa shape index (κ2) is 8.97. The normalized spacial score (nSPS) is 22.8. The first-order valence-corrected chi connectivity index (χ1v) is 10.7. The summed E-state index contributed by atoms with van der Waals surface area (Å²) in [6.07, 6.45) is 0. The van der Waals surface area contributed by atoms with Crippen molar-refractivity contribution in [2.24, 2.45) is 11.7 Å². The van der Waals surface area contributed by atoms with Crippen LogP contribution >= 0.6 is 0 Å². The molecule has 1 amide bonds. The Bertz CT molecular complexity index is 817. The van der Waals surface area contributed by atoms with Gasteiger partial charge in [-0.1, -0.05) is 42.5 Å². The second-order valence-electron chi connectivity index (χ2n) is 8.41. The van der Waals surface area contributed by atoms with Crippen LogP contribution in [0.1, 0.15) is 17.0 Å². The molecule has 0 spiro atoms. The van der Waals surface area contributed by atoms with Crippen LogP contribution in [-0.4, -0.2) is 68.1 Å². The fraction of sp³-hybridized carbons (Fsp3) is 0.458. The van der Waals surface area contributed by atoms with Gasteiger partial charge in [-0.3, -0.25) is 9.69 Å². The summed E-state index contributed by atoms with van der Waals surface area (Å²) in [5.74, 6) is 1.09. The number of benzene rings is 2. The molecule has 2 aromatic carbocycles. The molecular formula is C24H32N4O. The smallest absolute Gasteiger partial charge is 0.236 e. The Kier molecular flexibility index (Phi) is 6.16. The Hall–Kier alpha value is -2.37. The Morgan fingerprint density at radius 3 is 2.45 bits per heavy atom. The molecule has 4 rings (SSSR count). The highest BCUT2D eigenvalue weighted by Crippen LogP contribution is 2.32. The van der Waals surface area contributed by atoms with Gasteiger partial charge in [-0.05, 0) is 42.6 Å². The van der Waals surface area contributed by atoms with E-state index in [2.05, 4.69) is 65.3 Å². The summed E-state index contributed by atoms with van der Waals surface area (Å²) >= 11 is 0. The van der Waals surface area contributed by atoms with Crippen LogP contribution in [0.4, 0.5) is 5.69 Å². The first-order chi connectivity index (χ1) is 14.1. The minimum Gasteiger partial charge on any atom is -0.368 e. The maximum absolute atomic E-state index is 12.9. The number of amides is 1. The van der Waals surface area contributed by atoms with Gasteiger partial charge in [0.05, 0.1) is 6.54 Å². The van der Waals surface area contributed by atoms with Crippen molar-refractivity contribution < 1.29 is 4.79 Å². The van der Waals surface area contributed by atoms with Gasteiger partial charge >= 0.3 is 0 Å². The van der Waals surface area contributed by atoms with Crippen LogP contribution in [-0.2, 0) is 4.79 Å². The van der Waals surface area contributed by atoms with Crippen molar-refractivity contribution >= 4 is 11.6 Å². The van der Waals surface area contributed by atoms with E-state index < -0.39 is 0 Å². The molecule has 0 radical (unpaired) electrons. The highest BCUT2D eigenvalue weighted by molar-refractivity contribution is 5.78. The van der Waals surface area contributed by atoms with Crippen LogP contribution in [0.3, 0.4) is 0 Å². The van der Waals surface area contributed by atoms with Crippen molar-refractivity contribution in [3.05, 3.63) is 65.7 Å². The molecule has 29 heavy (non-hydrogen) atoms. The molecule has 2 saturated heterocycles. The molecular weight excluding hydrogens is 360 g/mol. The minimum atomic E-state index is 0.248. The van der Waals surface area contributed by atoms with Crippen molar-refractivity contribution in [1.29, 1.82) is 0 Å². The Balaban J connectivity index is 1.31. The van der Waals surface area contributed by atoms with Gasteiger partial charge in [-0.25, -0.2) is 0 Å². The number of nitrogens with zero attached hydrogens (tertiary/aromatic N) is 3. The van der Waals surface area contributed by atoms with Gasteiger partial charge in [-0.2, -0.15) is 0 Å². The summed E-state index contributed by atoms with van der Waals surface area (Å²) < 4.78 is 0. The van der Waals surface area contributed by atoms with E-state index >= 15 is 0 Å². The maximum atomic E-state index is 12.9. The van der Waals surface area contributed by atoms with E-state index in [-0.39, 0.29) is 5.91 Å². The molecule has 2 fully saturated rings. The van der Waals surface area contributed by atoms with Gasteiger partial charge in [0, 0.05) is 50.9 Å². The van der Waals surface area contributed by atoms with Crippen molar-refractivity contribution in [2.75, 3.05) is 57.3 Å².